The zero-order chi connectivity index (χ0) is 14.9. The van der Waals surface area contributed by atoms with Crippen LogP contribution in [0.4, 0.5) is 0 Å². The number of hydrogen-bond donors (Lipinski definition) is 1. The lowest BCUT2D eigenvalue weighted by molar-refractivity contribution is -0.143. The van der Waals surface area contributed by atoms with Gasteiger partial charge in [-0.1, -0.05) is 32.1 Å². The summed E-state index contributed by atoms with van der Waals surface area (Å²) < 4.78 is 5.16. The van der Waals surface area contributed by atoms with Gasteiger partial charge in [0.15, 0.2) is 0 Å². The molecule has 0 aromatic carbocycles. The second-order valence-electron chi connectivity index (χ2n) is 5.18. The third kappa shape index (κ3) is 15.0. The topological polar surface area (TPSA) is 46.5 Å². The minimum absolute atomic E-state index is 0.0699. The molecule has 0 heterocycles. The Morgan fingerprint density at radius 3 is 2.20 bits per heavy atom. The van der Waals surface area contributed by atoms with Gasteiger partial charge >= 0.3 is 5.97 Å². The van der Waals surface area contributed by atoms with E-state index < -0.39 is 0 Å². The molecule has 0 saturated heterocycles. The average Bonchev–Trinajstić information content (AvgIpc) is 2.45. The van der Waals surface area contributed by atoms with Crippen molar-refractivity contribution >= 4 is 5.97 Å². The monoisotopic (exact) mass is 282 g/mol. The van der Waals surface area contributed by atoms with Crippen LogP contribution in [0, 0.1) is 12.3 Å². The molecule has 116 valence electrons. The Bertz CT molecular complexity index is 255. The molecular weight excluding hydrogens is 252 g/mol. The fourth-order valence-electron chi connectivity index (χ4n) is 2.03. The van der Waals surface area contributed by atoms with Crippen molar-refractivity contribution in [3.63, 3.8) is 0 Å². The molecule has 0 aromatic heterocycles. The Hall–Kier alpha value is -1.01. The molecular formula is C17H30O3. The molecule has 3 nitrogen and oxygen atoms in total. The zero-order valence-corrected chi connectivity index (χ0v) is 12.7. The van der Waals surface area contributed by atoms with Crippen LogP contribution in [-0.4, -0.2) is 24.3 Å². The first-order valence-corrected chi connectivity index (χ1v) is 8.01. The first kappa shape index (κ1) is 19.0. The van der Waals surface area contributed by atoms with E-state index >= 15 is 0 Å². The molecule has 3 heteroatoms. The summed E-state index contributed by atoms with van der Waals surface area (Å²) in [5, 5.41) is 8.62. The van der Waals surface area contributed by atoms with Crippen molar-refractivity contribution in [2.45, 2.75) is 77.0 Å². The lowest BCUT2D eigenvalue weighted by Crippen LogP contribution is -2.05. The number of aliphatic hydroxyl groups is 1. The van der Waals surface area contributed by atoms with Crippen molar-refractivity contribution in [3.05, 3.63) is 0 Å². The Balaban J connectivity index is 3.15. The molecule has 0 aliphatic carbocycles. The summed E-state index contributed by atoms with van der Waals surface area (Å²) in [5.41, 5.74) is 0. The van der Waals surface area contributed by atoms with Gasteiger partial charge in [-0.25, -0.2) is 0 Å². The quantitative estimate of drug-likeness (QED) is 0.299. The average molecular weight is 282 g/mol. The maximum absolute atomic E-state index is 11.4. The Morgan fingerprint density at radius 2 is 1.50 bits per heavy atom. The van der Waals surface area contributed by atoms with Gasteiger partial charge in [-0.3, -0.25) is 4.79 Å². The number of unbranched alkanes of at least 4 members (excludes halogenated alkanes) is 9. The van der Waals surface area contributed by atoms with E-state index in [1.165, 1.54) is 19.3 Å². The summed E-state index contributed by atoms with van der Waals surface area (Å²) in [6.45, 7) is 0.777. The third-order valence-corrected chi connectivity index (χ3v) is 3.27. The SMILES string of the molecule is C#CCCCCCCCCC(=O)OCCCCCCO. The van der Waals surface area contributed by atoms with Crippen LogP contribution < -0.4 is 0 Å². The maximum atomic E-state index is 11.4. The summed E-state index contributed by atoms with van der Waals surface area (Å²) in [6.07, 6.45) is 17.1. The van der Waals surface area contributed by atoms with Crippen LogP contribution in [0.5, 0.6) is 0 Å². The van der Waals surface area contributed by atoms with Crippen LogP contribution >= 0.6 is 0 Å². The largest absolute Gasteiger partial charge is 0.466 e. The number of carbonyl (C=O) groups is 1. The van der Waals surface area contributed by atoms with Crippen molar-refractivity contribution in [2.24, 2.45) is 0 Å². The molecule has 0 fully saturated rings. The van der Waals surface area contributed by atoms with Crippen molar-refractivity contribution in [2.75, 3.05) is 13.2 Å². The van der Waals surface area contributed by atoms with Gasteiger partial charge < -0.3 is 9.84 Å². The van der Waals surface area contributed by atoms with Crippen molar-refractivity contribution in [1.29, 1.82) is 0 Å². The lowest BCUT2D eigenvalue weighted by Gasteiger charge is -2.04. The van der Waals surface area contributed by atoms with Gasteiger partial charge in [0.25, 0.3) is 0 Å². The highest BCUT2D eigenvalue weighted by atomic mass is 16.5. The molecule has 0 aromatic rings. The van der Waals surface area contributed by atoms with Crippen molar-refractivity contribution in [3.8, 4) is 12.3 Å². The first-order valence-electron chi connectivity index (χ1n) is 8.01. The summed E-state index contributed by atoms with van der Waals surface area (Å²) in [7, 11) is 0. The molecule has 0 amide bonds. The van der Waals surface area contributed by atoms with E-state index in [4.69, 9.17) is 16.3 Å². The number of ether oxygens (including phenoxy) is 1. The number of carbonyl (C=O) groups excluding carboxylic acids is 1. The van der Waals surface area contributed by atoms with E-state index in [2.05, 4.69) is 5.92 Å². The van der Waals surface area contributed by atoms with E-state index in [9.17, 15) is 4.79 Å². The van der Waals surface area contributed by atoms with Crippen LogP contribution in [0.15, 0.2) is 0 Å². The van der Waals surface area contributed by atoms with E-state index in [0.29, 0.717) is 13.0 Å². The van der Waals surface area contributed by atoms with Crippen LogP contribution in [0.2, 0.25) is 0 Å². The fourth-order valence-corrected chi connectivity index (χ4v) is 2.03. The fraction of sp³-hybridized carbons (Fsp3) is 0.824. The second kappa shape index (κ2) is 16.0. The van der Waals surface area contributed by atoms with Crippen molar-refractivity contribution in [1.82, 2.24) is 0 Å². The number of hydrogen-bond acceptors (Lipinski definition) is 3. The van der Waals surface area contributed by atoms with E-state index in [1.54, 1.807) is 0 Å². The van der Waals surface area contributed by atoms with Gasteiger partial charge in [0.05, 0.1) is 6.61 Å². The van der Waals surface area contributed by atoms with Gasteiger partial charge in [0, 0.05) is 19.4 Å². The highest BCUT2D eigenvalue weighted by Gasteiger charge is 2.02. The highest BCUT2D eigenvalue weighted by Crippen LogP contribution is 2.09. The number of aliphatic hydroxyl groups excluding tert-OH is 1. The van der Waals surface area contributed by atoms with Crippen LogP contribution in [-0.2, 0) is 9.53 Å². The van der Waals surface area contributed by atoms with Crippen LogP contribution in [0.1, 0.15) is 77.0 Å². The molecule has 20 heavy (non-hydrogen) atoms. The number of rotatable bonds is 14. The highest BCUT2D eigenvalue weighted by molar-refractivity contribution is 5.69. The van der Waals surface area contributed by atoms with Crippen molar-refractivity contribution < 1.29 is 14.6 Å². The molecule has 0 spiro atoms. The van der Waals surface area contributed by atoms with Gasteiger partial charge in [-0.15, -0.1) is 12.3 Å². The molecule has 1 N–H and O–H groups in total. The van der Waals surface area contributed by atoms with E-state index in [-0.39, 0.29) is 12.6 Å². The molecule has 0 saturated carbocycles. The predicted molar refractivity (Wildman–Crippen MR) is 82.3 cm³/mol. The molecule has 0 unspecified atom stereocenters. The normalized spacial score (nSPS) is 10.2. The second-order valence-corrected chi connectivity index (χ2v) is 5.18. The summed E-state index contributed by atoms with van der Waals surface area (Å²) in [4.78, 5) is 11.4. The smallest absolute Gasteiger partial charge is 0.305 e. The van der Waals surface area contributed by atoms with Crippen LogP contribution in [0.3, 0.4) is 0 Å². The first-order chi connectivity index (χ1) is 9.81. The van der Waals surface area contributed by atoms with Gasteiger partial charge in [-0.2, -0.15) is 0 Å². The van der Waals surface area contributed by atoms with Gasteiger partial charge in [-0.05, 0) is 32.1 Å². The molecule has 0 radical (unpaired) electrons. The standard InChI is InChI=1S/C17H30O3/c1-2-3-4-5-6-7-8-11-14-17(19)20-16-13-10-9-12-15-18/h1,18H,3-16H2. The van der Waals surface area contributed by atoms with Gasteiger partial charge in [0.1, 0.15) is 0 Å². The van der Waals surface area contributed by atoms with Gasteiger partial charge in [0.2, 0.25) is 0 Å². The predicted octanol–water partition coefficient (Wildman–Crippen LogP) is 3.84. The third-order valence-electron chi connectivity index (χ3n) is 3.27. The zero-order valence-electron chi connectivity index (χ0n) is 12.7. The van der Waals surface area contributed by atoms with E-state index in [0.717, 1.165) is 51.4 Å². The molecule has 0 aliphatic rings. The number of terminal acetylenes is 1. The van der Waals surface area contributed by atoms with E-state index in [1.807, 2.05) is 0 Å². The molecule has 0 rings (SSSR count). The number of esters is 1. The summed E-state index contributed by atoms with van der Waals surface area (Å²) in [6, 6.07) is 0. The summed E-state index contributed by atoms with van der Waals surface area (Å²) >= 11 is 0. The Labute approximate surface area is 124 Å². The Morgan fingerprint density at radius 1 is 0.900 bits per heavy atom. The molecule has 0 bridgehead atoms. The minimum atomic E-state index is -0.0699. The lowest BCUT2D eigenvalue weighted by atomic mass is 10.1. The Kier molecular flexibility index (Phi) is 15.2. The molecule has 0 aliphatic heterocycles. The van der Waals surface area contributed by atoms with Crippen LogP contribution in [0.25, 0.3) is 0 Å². The molecule has 0 atom stereocenters. The maximum Gasteiger partial charge on any atom is 0.305 e. The minimum Gasteiger partial charge on any atom is -0.466 e. The summed E-state index contributed by atoms with van der Waals surface area (Å²) in [5.74, 6) is 2.58.